The molecule has 0 spiro atoms. The van der Waals surface area contributed by atoms with Crippen LogP contribution in [-0.4, -0.2) is 29.4 Å². The Bertz CT molecular complexity index is 905. The highest BCUT2D eigenvalue weighted by Crippen LogP contribution is 2.40. The number of aromatic amines is 1. The fourth-order valence-electron chi connectivity index (χ4n) is 2.74. The molecular formula is C17H17ClN4O2. The molecule has 1 saturated carbocycles. The number of methoxy groups -OCH3 is 2. The summed E-state index contributed by atoms with van der Waals surface area (Å²) in [7, 11) is 3.20. The summed E-state index contributed by atoms with van der Waals surface area (Å²) in [4.78, 5) is 4.40. The van der Waals surface area contributed by atoms with Crippen molar-refractivity contribution in [3.63, 3.8) is 0 Å². The van der Waals surface area contributed by atoms with Gasteiger partial charge in [-0.15, -0.1) is 0 Å². The fraction of sp³-hybridized carbons (Fsp3) is 0.294. The largest absolute Gasteiger partial charge is 0.493 e. The van der Waals surface area contributed by atoms with Crippen molar-refractivity contribution < 1.29 is 9.47 Å². The van der Waals surface area contributed by atoms with Gasteiger partial charge in [-0.1, -0.05) is 11.6 Å². The maximum absolute atomic E-state index is 6.34. The number of halogens is 1. The average molecular weight is 345 g/mol. The van der Waals surface area contributed by atoms with E-state index in [0.29, 0.717) is 28.4 Å². The van der Waals surface area contributed by atoms with Crippen molar-refractivity contribution >= 4 is 34.0 Å². The quantitative estimate of drug-likeness (QED) is 0.677. The molecule has 2 N–H and O–H groups in total. The molecular weight excluding hydrogens is 328 g/mol. The third kappa shape index (κ3) is 2.73. The van der Waals surface area contributed by atoms with Gasteiger partial charge in [0.25, 0.3) is 0 Å². The van der Waals surface area contributed by atoms with Gasteiger partial charge in [-0.05, 0) is 36.4 Å². The second kappa shape index (κ2) is 5.87. The SMILES string of the molecule is COc1cc2cc(Nc3cc(C4CC4)[nH]n3)nc(Cl)c2cc1OC. The molecule has 1 aromatic carbocycles. The topological polar surface area (TPSA) is 72.1 Å². The Balaban J connectivity index is 1.70. The first-order chi connectivity index (χ1) is 11.7. The van der Waals surface area contributed by atoms with Gasteiger partial charge in [0.1, 0.15) is 11.0 Å². The van der Waals surface area contributed by atoms with Gasteiger partial charge in [-0.2, -0.15) is 5.10 Å². The van der Waals surface area contributed by atoms with Crippen molar-refractivity contribution in [2.24, 2.45) is 0 Å². The van der Waals surface area contributed by atoms with Crippen LogP contribution in [0.15, 0.2) is 24.3 Å². The first-order valence-electron chi connectivity index (χ1n) is 7.72. The lowest BCUT2D eigenvalue weighted by molar-refractivity contribution is 0.356. The predicted molar refractivity (Wildman–Crippen MR) is 93.7 cm³/mol. The molecule has 24 heavy (non-hydrogen) atoms. The van der Waals surface area contributed by atoms with Crippen molar-refractivity contribution in [3.8, 4) is 11.5 Å². The summed E-state index contributed by atoms with van der Waals surface area (Å²) in [5, 5.41) is 12.7. The van der Waals surface area contributed by atoms with Crippen LogP contribution in [0, 0.1) is 0 Å². The molecule has 2 aromatic heterocycles. The van der Waals surface area contributed by atoms with Gasteiger partial charge in [-0.3, -0.25) is 5.10 Å². The Morgan fingerprint density at radius 2 is 1.83 bits per heavy atom. The standard InChI is InChI=1S/C17H17ClN4O2/c1-23-13-5-10-6-15(20-17(18)11(10)7-14(13)24-2)19-16-8-12(21-22-16)9-3-4-9/h5-9H,3-4H2,1-2H3,(H2,19,20,21,22). The van der Waals surface area contributed by atoms with Crippen LogP contribution in [0.3, 0.4) is 0 Å². The normalized spacial score (nSPS) is 14.0. The minimum atomic E-state index is 0.397. The molecule has 0 saturated heterocycles. The van der Waals surface area contributed by atoms with Crippen LogP contribution in [0.1, 0.15) is 24.5 Å². The summed E-state index contributed by atoms with van der Waals surface area (Å²) >= 11 is 6.34. The van der Waals surface area contributed by atoms with E-state index in [4.69, 9.17) is 21.1 Å². The van der Waals surface area contributed by atoms with Crippen LogP contribution in [0.2, 0.25) is 5.15 Å². The van der Waals surface area contributed by atoms with Gasteiger partial charge in [0.2, 0.25) is 0 Å². The van der Waals surface area contributed by atoms with E-state index in [9.17, 15) is 0 Å². The molecule has 0 atom stereocenters. The van der Waals surface area contributed by atoms with Crippen molar-refractivity contribution in [3.05, 3.63) is 35.1 Å². The maximum atomic E-state index is 6.34. The number of anilines is 2. The van der Waals surface area contributed by atoms with Gasteiger partial charge in [0.15, 0.2) is 17.3 Å². The van der Waals surface area contributed by atoms with E-state index in [0.717, 1.165) is 22.3 Å². The fourth-order valence-corrected chi connectivity index (χ4v) is 2.99. The number of hydrogen-bond acceptors (Lipinski definition) is 5. The molecule has 0 aliphatic heterocycles. The predicted octanol–water partition coefficient (Wildman–Crippen LogP) is 4.25. The van der Waals surface area contributed by atoms with Crippen molar-refractivity contribution in [1.29, 1.82) is 0 Å². The summed E-state index contributed by atoms with van der Waals surface area (Å²) in [6, 6.07) is 7.64. The van der Waals surface area contributed by atoms with Crippen LogP contribution in [-0.2, 0) is 0 Å². The minimum Gasteiger partial charge on any atom is -0.493 e. The maximum Gasteiger partial charge on any atom is 0.161 e. The van der Waals surface area contributed by atoms with Crippen molar-refractivity contribution in [2.45, 2.75) is 18.8 Å². The molecule has 1 fully saturated rings. The lowest BCUT2D eigenvalue weighted by atomic mass is 10.1. The van der Waals surface area contributed by atoms with Gasteiger partial charge >= 0.3 is 0 Å². The van der Waals surface area contributed by atoms with E-state index in [1.54, 1.807) is 14.2 Å². The first-order valence-corrected chi connectivity index (χ1v) is 8.10. The van der Waals surface area contributed by atoms with Crippen LogP contribution in [0.4, 0.5) is 11.6 Å². The van der Waals surface area contributed by atoms with E-state index < -0.39 is 0 Å². The molecule has 124 valence electrons. The highest BCUT2D eigenvalue weighted by molar-refractivity contribution is 6.34. The van der Waals surface area contributed by atoms with E-state index >= 15 is 0 Å². The molecule has 4 rings (SSSR count). The van der Waals surface area contributed by atoms with Crippen molar-refractivity contribution in [1.82, 2.24) is 15.2 Å². The average Bonchev–Trinajstić information content (AvgIpc) is 3.34. The zero-order valence-corrected chi connectivity index (χ0v) is 14.1. The molecule has 1 aliphatic carbocycles. The second-order valence-corrected chi connectivity index (χ2v) is 6.19. The molecule has 0 unspecified atom stereocenters. The van der Waals surface area contributed by atoms with Crippen LogP contribution < -0.4 is 14.8 Å². The molecule has 6 nitrogen and oxygen atoms in total. The molecule has 3 aromatic rings. The summed E-state index contributed by atoms with van der Waals surface area (Å²) in [5.41, 5.74) is 1.16. The summed E-state index contributed by atoms with van der Waals surface area (Å²) in [6.45, 7) is 0. The molecule has 0 bridgehead atoms. The zero-order chi connectivity index (χ0) is 16.7. The number of fused-ring (bicyclic) bond motifs is 1. The lowest BCUT2D eigenvalue weighted by Gasteiger charge is -2.11. The smallest absolute Gasteiger partial charge is 0.161 e. The number of benzene rings is 1. The van der Waals surface area contributed by atoms with Gasteiger partial charge in [0, 0.05) is 23.1 Å². The van der Waals surface area contributed by atoms with Crippen LogP contribution in [0.5, 0.6) is 11.5 Å². The monoisotopic (exact) mass is 344 g/mol. The summed E-state index contributed by atoms with van der Waals surface area (Å²) < 4.78 is 10.7. The Morgan fingerprint density at radius 1 is 1.08 bits per heavy atom. The number of aromatic nitrogens is 3. The Labute approximate surface area is 144 Å². The lowest BCUT2D eigenvalue weighted by Crippen LogP contribution is -1.96. The van der Waals surface area contributed by atoms with Crippen molar-refractivity contribution in [2.75, 3.05) is 19.5 Å². The Kier molecular flexibility index (Phi) is 3.69. The van der Waals surface area contributed by atoms with Gasteiger partial charge in [0.05, 0.1) is 14.2 Å². The highest BCUT2D eigenvalue weighted by atomic mass is 35.5. The molecule has 0 radical (unpaired) electrons. The number of ether oxygens (including phenoxy) is 2. The molecule has 1 aliphatic rings. The number of nitrogens with zero attached hydrogens (tertiary/aromatic N) is 2. The number of nitrogens with one attached hydrogen (secondary N) is 2. The number of hydrogen-bond donors (Lipinski definition) is 2. The Hall–Kier alpha value is -2.47. The molecule has 0 amide bonds. The van der Waals surface area contributed by atoms with Crippen LogP contribution >= 0.6 is 11.6 Å². The van der Waals surface area contributed by atoms with E-state index in [2.05, 4.69) is 20.5 Å². The molecule has 7 heteroatoms. The zero-order valence-electron chi connectivity index (χ0n) is 13.4. The van der Waals surface area contributed by atoms with E-state index in [1.165, 1.54) is 12.8 Å². The summed E-state index contributed by atoms with van der Waals surface area (Å²) in [6.07, 6.45) is 2.45. The first kappa shape index (κ1) is 15.1. The van der Waals surface area contributed by atoms with E-state index in [1.807, 2.05) is 24.3 Å². The van der Waals surface area contributed by atoms with Gasteiger partial charge < -0.3 is 14.8 Å². The number of rotatable bonds is 5. The highest BCUT2D eigenvalue weighted by Gasteiger charge is 2.25. The van der Waals surface area contributed by atoms with Crippen LogP contribution in [0.25, 0.3) is 10.8 Å². The molecule has 2 heterocycles. The number of pyridine rings is 1. The minimum absolute atomic E-state index is 0.397. The second-order valence-electron chi connectivity index (χ2n) is 5.83. The third-order valence-corrected chi connectivity index (χ3v) is 4.45. The van der Waals surface area contributed by atoms with E-state index in [-0.39, 0.29) is 0 Å². The third-order valence-electron chi connectivity index (χ3n) is 4.16. The number of H-pyrrole nitrogens is 1. The Morgan fingerprint density at radius 3 is 2.54 bits per heavy atom. The van der Waals surface area contributed by atoms with Gasteiger partial charge in [-0.25, -0.2) is 4.98 Å². The summed E-state index contributed by atoms with van der Waals surface area (Å²) in [5.74, 6) is 3.26.